The molecule has 1 N–H and O–H groups in total. The van der Waals surface area contributed by atoms with Crippen molar-refractivity contribution in [1.82, 2.24) is 5.32 Å². The number of hydrogen-bond acceptors (Lipinski definition) is 4. The van der Waals surface area contributed by atoms with E-state index < -0.39 is 5.54 Å². The summed E-state index contributed by atoms with van der Waals surface area (Å²) in [7, 11) is 0. The van der Waals surface area contributed by atoms with Crippen LogP contribution in [0, 0.1) is 0 Å². The van der Waals surface area contributed by atoms with Crippen molar-refractivity contribution in [3.05, 3.63) is 0 Å². The van der Waals surface area contributed by atoms with Crippen LogP contribution in [0.5, 0.6) is 0 Å². The molecule has 0 spiro atoms. The van der Waals surface area contributed by atoms with Gasteiger partial charge in [0.15, 0.2) is 0 Å². The van der Waals surface area contributed by atoms with Crippen LogP contribution < -0.4 is 5.32 Å². The van der Waals surface area contributed by atoms with E-state index in [9.17, 15) is 4.79 Å². The molecule has 0 aliphatic heterocycles. The maximum Gasteiger partial charge on any atom is 0.326 e. The van der Waals surface area contributed by atoms with Gasteiger partial charge in [-0.05, 0) is 46.1 Å². The zero-order valence-corrected chi connectivity index (χ0v) is 14.4. The second-order valence-corrected chi connectivity index (χ2v) is 7.78. The lowest BCUT2D eigenvalue weighted by Crippen LogP contribution is -2.52. The summed E-state index contributed by atoms with van der Waals surface area (Å²) in [5, 5.41) is 4.68. The summed E-state index contributed by atoms with van der Waals surface area (Å²) >= 11 is 2.06. The van der Waals surface area contributed by atoms with Gasteiger partial charge in [-0.1, -0.05) is 26.7 Å². The van der Waals surface area contributed by atoms with Crippen molar-refractivity contribution >= 4 is 17.7 Å². The molecule has 4 heteroatoms. The minimum atomic E-state index is -0.545. The minimum Gasteiger partial charge on any atom is -0.465 e. The second kappa shape index (κ2) is 8.93. The Morgan fingerprint density at radius 1 is 1.40 bits per heavy atom. The molecule has 3 nitrogen and oxygen atoms in total. The quantitative estimate of drug-likeness (QED) is 0.658. The second-order valence-electron chi connectivity index (χ2n) is 6.04. The third-order valence-corrected chi connectivity index (χ3v) is 5.40. The van der Waals surface area contributed by atoms with Crippen LogP contribution >= 0.6 is 11.8 Å². The van der Waals surface area contributed by atoms with E-state index in [1.54, 1.807) is 0 Å². The van der Waals surface area contributed by atoms with Crippen molar-refractivity contribution in [3.63, 3.8) is 0 Å². The van der Waals surface area contributed by atoms with Gasteiger partial charge in [-0.2, -0.15) is 11.8 Å². The molecule has 1 fully saturated rings. The van der Waals surface area contributed by atoms with Crippen LogP contribution in [0.1, 0.15) is 66.2 Å². The minimum absolute atomic E-state index is 0.104. The van der Waals surface area contributed by atoms with Crippen molar-refractivity contribution in [1.29, 1.82) is 0 Å². The van der Waals surface area contributed by atoms with Gasteiger partial charge in [0.1, 0.15) is 5.54 Å². The van der Waals surface area contributed by atoms with E-state index in [1.807, 2.05) is 13.8 Å². The van der Waals surface area contributed by atoms with Crippen molar-refractivity contribution in [2.24, 2.45) is 0 Å². The zero-order valence-electron chi connectivity index (χ0n) is 13.5. The fourth-order valence-corrected chi connectivity index (χ4v) is 4.59. The van der Waals surface area contributed by atoms with Gasteiger partial charge in [-0.25, -0.2) is 0 Å². The van der Waals surface area contributed by atoms with E-state index in [2.05, 4.69) is 30.9 Å². The maximum atomic E-state index is 12.2. The summed E-state index contributed by atoms with van der Waals surface area (Å²) < 4.78 is 5.26. The standard InChI is InChI=1S/C16H31NO2S/c1-5-11-17-16(4,15(18)19-6-2)12-13(3)20-14-9-7-8-10-14/h13-14,17H,5-12H2,1-4H3. The molecule has 1 saturated carbocycles. The highest BCUT2D eigenvalue weighted by Crippen LogP contribution is 2.35. The number of hydrogen-bond donors (Lipinski definition) is 1. The Bertz CT molecular complexity index is 292. The molecule has 0 aromatic carbocycles. The molecule has 2 atom stereocenters. The van der Waals surface area contributed by atoms with Crippen molar-refractivity contribution < 1.29 is 9.53 Å². The molecule has 0 amide bonds. The largest absolute Gasteiger partial charge is 0.465 e. The van der Waals surface area contributed by atoms with Crippen LogP contribution in [0.15, 0.2) is 0 Å². The molecule has 1 rings (SSSR count). The van der Waals surface area contributed by atoms with Crippen LogP contribution in [0.4, 0.5) is 0 Å². The van der Waals surface area contributed by atoms with Crippen LogP contribution in [0.25, 0.3) is 0 Å². The smallest absolute Gasteiger partial charge is 0.326 e. The van der Waals surface area contributed by atoms with E-state index in [0.717, 1.165) is 24.6 Å². The van der Waals surface area contributed by atoms with Gasteiger partial charge < -0.3 is 10.1 Å². The maximum absolute atomic E-state index is 12.2. The highest BCUT2D eigenvalue weighted by molar-refractivity contribution is 8.00. The van der Waals surface area contributed by atoms with E-state index in [1.165, 1.54) is 25.7 Å². The molecule has 2 unspecified atom stereocenters. The van der Waals surface area contributed by atoms with Gasteiger partial charge in [-0.15, -0.1) is 0 Å². The number of carbonyl (C=O) groups is 1. The lowest BCUT2D eigenvalue weighted by atomic mass is 9.96. The molecule has 0 saturated heterocycles. The van der Waals surface area contributed by atoms with E-state index >= 15 is 0 Å². The van der Waals surface area contributed by atoms with E-state index in [-0.39, 0.29) is 5.97 Å². The molecule has 0 aromatic rings. The molecule has 20 heavy (non-hydrogen) atoms. The summed E-state index contributed by atoms with van der Waals surface area (Å²) in [5.74, 6) is -0.104. The average Bonchev–Trinajstić information content (AvgIpc) is 2.89. The first-order valence-electron chi connectivity index (χ1n) is 8.09. The first-order chi connectivity index (χ1) is 9.51. The molecular formula is C16H31NO2S. The number of rotatable bonds is 9. The third kappa shape index (κ3) is 5.65. The third-order valence-electron chi connectivity index (χ3n) is 3.91. The Kier molecular flexibility index (Phi) is 7.96. The topological polar surface area (TPSA) is 38.3 Å². The summed E-state index contributed by atoms with van der Waals surface area (Å²) in [6.45, 7) is 9.53. The summed E-state index contributed by atoms with van der Waals surface area (Å²) in [6.07, 6.45) is 7.29. The summed E-state index contributed by atoms with van der Waals surface area (Å²) in [5.41, 5.74) is -0.545. The SMILES string of the molecule is CCCNC(C)(CC(C)SC1CCCC1)C(=O)OCC. The van der Waals surface area contributed by atoms with Gasteiger partial charge in [0.2, 0.25) is 0 Å². The Morgan fingerprint density at radius 3 is 2.60 bits per heavy atom. The fraction of sp³-hybridized carbons (Fsp3) is 0.938. The lowest BCUT2D eigenvalue weighted by molar-refractivity contribution is -0.150. The predicted octanol–water partition coefficient (Wildman–Crippen LogP) is 3.76. The van der Waals surface area contributed by atoms with Crippen molar-refractivity contribution in [2.45, 2.75) is 82.3 Å². The van der Waals surface area contributed by atoms with E-state index in [0.29, 0.717) is 11.9 Å². The van der Waals surface area contributed by atoms with Crippen molar-refractivity contribution in [3.8, 4) is 0 Å². The lowest BCUT2D eigenvalue weighted by Gasteiger charge is -2.31. The number of thioether (sulfide) groups is 1. The number of ether oxygens (including phenoxy) is 1. The van der Waals surface area contributed by atoms with Gasteiger partial charge in [0, 0.05) is 10.5 Å². The number of carbonyl (C=O) groups excluding carboxylic acids is 1. The van der Waals surface area contributed by atoms with Crippen molar-refractivity contribution in [2.75, 3.05) is 13.2 Å². The Labute approximate surface area is 128 Å². The Balaban J connectivity index is 2.54. The number of nitrogens with one attached hydrogen (secondary N) is 1. The summed E-state index contributed by atoms with van der Waals surface area (Å²) in [6, 6.07) is 0. The highest BCUT2D eigenvalue weighted by Gasteiger charge is 2.36. The first kappa shape index (κ1) is 17.8. The van der Waals surface area contributed by atoms with Crippen LogP contribution in [0.2, 0.25) is 0 Å². The number of esters is 1. The molecular weight excluding hydrogens is 270 g/mol. The normalized spacial score (nSPS) is 20.6. The molecule has 0 radical (unpaired) electrons. The van der Waals surface area contributed by atoms with Crippen LogP contribution in [0.3, 0.4) is 0 Å². The predicted molar refractivity (Wildman–Crippen MR) is 87.3 cm³/mol. The zero-order chi connectivity index (χ0) is 15.0. The van der Waals surface area contributed by atoms with Crippen LogP contribution in [-0.2, 0) is 9.53 Å². The Hall–Kier alpha value is -0.220. The molecule has 0 bridgehead atoms. The molecule has 0 heterocycles. The summed E-state index contributed by atoms with van der Waals surface area (Å²) in [4.78, 5) is 12.2. The van der Waals surface area contributed by atoms with Crippen LogP contribution in [-0.4, -0.2) is 35.2 Å². The highest BCUT2D eigenvalue weighted by atomic mass is 32.2. The average molecular weight is 301 g/mol. The molecule has 1 aliphatic rings. The molecule has 1 aliphatic carbocycles. The Morgan fingerprint density at radius 2 is 2.05 bits per heavy atom. The van der Waals surface area contributed by atoms with Gasteiger partial charge in [0.25, 0.3) is 0 Å². The molecule has 0 aromatic heterocycles. The van der Waals surface area contributed by atoms with E-state index in [4.69, 9.17) is 4.74 Å². The van der Waals surface area contributed by atoms with Gasteiger partial charge in [0.05, 0.1) is 6.61 Å². The van der Waals surface area contributed by atoms with Gasteiger partial charge >= 0.3 is 5.97 Å². The van der Waals surface area contributed by atoms with Gasteiger partial charge in [-0.3, -0.25) is 4.79 Å². The molecule has 118 valence electrons. The first-order valence-corrected chi connectivity index (χ1v) is 9.03. The monoisotopic (exact) mass is 301 g/mol. The fourth-order valence-electron chi connectivity index (χ4n) is 2.89.